The number of rotatable bonds is 3. The van der Waals surface area contributed by atoms with Crippen LogP contribution in [-0.4, -0.2) is 36.5 Å². The summed E-state index contributed by atoms with van der Waals surface area (Å²) in [4.78, 5) is 0. The summed E-state index contributed by atoms with van der Waals surface area (Å²) in [6.45, 7) is -0.207. The molecular formula is C3H8KNO4S. The van der Waals surface area contributed by atoms with Gasteiger partial charge < -0.3 is 15.4 Å². The van der Waals surface area contributed by atoms with Gasteiger partial charge in [0.15, 0.2) is 0 Å². The van der Waals surface area contributed by atoms with Gasteiger partial charge in [0.05, 0.1) is 22.0 Å². The molecule has 7 heteroatoms. The first-order valence-corrected chi connectivity index (χ1v) is 3.85. The standard InChI is InChI=1S/C3H9NO4S.K/c4-1-3(5)2-9(6,7)8;/h3,5H,1-2,4H2,(H,6,7,8);/q;+1/p-1. The zero-order valence-corrected chi connectivity index (χ0v) is 9.59. The van der Waals surface area contributed by atoms with Crippen LogP contribution in [0.2, 0.25) is 0 Å². The average molecular weight is 193 g/mol. The number of hydrogen-bond donors (Lipinski definition) is 2. The van der Waals surface area contributed by atoms with Crippen LogP contribution in [-0.2, 0) is 10.1 Å². The summed E-state index contributed by atoms with van der Waals surface area (Å²) in [6, 6.07) is 0. The van der Waals surface area contributed by atoms with Crippen molar-refractivity contribution in [3.05, 3.63) is 0 Å². The fourth-order valence-corrected chi connectivity index (χ4v) is 0.911. The zero-order valence-electron chi connectivity index (χ0n) is 5.65. The summed E-state index contributed by atoms with van der Waals surface area (Å²) in [5.41, 5.74) is 4.83. The molecule has 0 aromatic heterocycles. The molecule has 0 aromatic carbocycles. The molecule has 0 bridgehead atoms. The van der Waals surface area contributed by atoms with Gasteiger partial charge in [-0.1, -0.05) is 0 Å². The van der Waals surface area contributed by atoms with Crippen LogP contribution in [0, 0.1) is 0 Å². The van der Waals surface area contributed by atoms with Gasteiger partial charge in [-0.25, -0.2) is 8.42 Å². The van der Waals surface area contributed by atoms with Crippen molar-refractivity contribution in [2.24, 2.45) is 5.73 Å². The van der Waals surface area contributed by atoms with Crippen LogP contribution in [0.5, 0.6) is 0 Å². The molecule has 10 heavy (non-hydrogen) atoms. The van der Waals surface area contributed by atoms with Crippen molar-refractivity contribution in [3.63, 3.8) is 0 Å². The van der Waals surface area contributed by atoms with Gasteiger partial charge in [0, 0.05) is 6.54 Å². The van der Waals surface area contributed by atoms with Crippen LogP contribution in [0.3, 0.4) is 0 Å². The number of aliphatic hydroxyl groups excluding tert-OH is 1. The SMILES string of the molecule is NCC(O)CS(=O)(=O)[O-].[K+]. The molecule has 0 saturated heterocycles. The van der Waals surface area contributed by atoms with Gasteiger partial charge in [-0.15, -0.1) is 0 Å². The van der Waals surface area contributed by atoms with E-state index in [9.17, 15) is 13.0 Å². The molecule has 0 radical (unpaired) electrons. The van der Waals surface area contributed by atoms with Crippen LogP contribution in [0.15, 0.2) is 0 Å². The van der Waals surface area contributed by atoms with Gasteiger partial charge in [0.2, 0.25) is 0 Å². The van der Waals surface area contributed by atoms with Gasteiger partial charge in [-0.05, 0) is 0 Å². The van der Waals surface area contributed by atoms with Crippen molar-refractivity contribution in [1.82, 2.24) is 0 Å². The molecule has 0 fully saturated rings. The molecule has 0 heterocycles. The summed E-state index contributed by atoms with van der Waals surface area (Å²) in [5, 5.41) is 8.49. The van der Waals surface area contributed by atoms with Gasteiger partial charge >= 0.3 is 51.4 Å². The Kier molecular flexibility index (Phi) is 8.46. The van der Waals surface area contributed by atoms with E-state index in [-0.39, 0.29) is 57.9 Å². The summed E-state index contributed by atoms with van der Waals surface area (Å²) in [6.07, 6.45) is -1.23. The molecule has 0 spiro atoms. The van der Waals surface area contributed by atoms with Crippen molar-refractivity contribution in [1.29, 1.82) is 0 Å². The Morgan fingerprint density at radius 2 is 2.00 bits per heavy atom. The molecule has 0 aliphatic heterocycles. The van der Waals surface area contributed by atoms with Crippen LogP contribution in [0.25, 0.3) is 0 Å². The van der Waals surface area contributed by atoms with Crippen LogP contribution < -0.4 is 57.1 Å². The van der Waals surface area contributed by atoms with Crippen molar-refractivity contribution in [2.75, 3.05) is 12.3 Å². The van der Waals surface area contributed by atoms with E-state index in [2.05, 4.69) is 0 Å². The number of hydrogen-bond acceptors (Lipinski definition) is 5. The smallest absolute Gasteiger partial charge is 0.748 e. The Labute approximate surface area is 102 Å². The Morgan fingerprint density at radius 3 is 2.10 bits per heavy atom. The van der Waals surface area contributed by atoms with Crippen molar-refractivity contribution >= 4 is 10.1 Å². The minimum absolute atomic E-state index is 0. The quantitative estimate of drug-likeness (QED) is 0.344. The molecule has 0 aliphatic rings. The Hall–Kier alpha value is 1.47. The Bertz CT molecular complexity index is 167. The third kappa shape index (κ3) is 9.47. The average Bonchev–Trinajstić information content (AvgIpc) is 1.62. The summed E-state index contributed by atoms with van der Waals surface area (Å²) < 4.78 is 29.5. The topological polar surface area (TPSA) is 103 Å². The predicted octanol–water partition coefficient (Wildman–Crippen LogP) is -5.14. The first kappa shape index (κ1) is 14.0. The first-order chi connectivity index (χ1) is 3.95. The van der Waals surface area contributed by atoms with Crippen LogP contribution in [0.4, 0.5) is 0 Å². The molecule has 1 unspecified atom stereocenters. The second-order valence-corrected chi connectivity index (χ2v) is 3.06. The maximum Gasteiger partial charge on any atom is 1.00 e. The fraction of sp³-hybridized carbons (Fsp3) is 1.00. The van der Waals surface area contributed by atoms with Gasteiger partial charge in [-0.3, -0.25) is 0 Å². The van der Waals surface area contributed by atoms with Gasteiger partial charge in [0.25, 0.3) is 0 Å². The molecule has 3 N–H and O–H groups in total. The van der Waals surface area contributed by atoms with Crippen molar-refractivity contribution in [2.45, 2.75) is 6.10 Å². The largest absolute Gasteiger partial charge is 1.00 e. The normalized spacial score (nSPS) is 13.9. The predicted molar refractivity (Wildman–Crippen MR) is 29.6 cm³/mol. The molecule has 0 aromatic rings. The van der Waals surface area contributed by atoms with Gasteiger partial charge in [-0.2, -0.15) is 0 Å². The van der Waals surface area contributed by atoms with Gasteiger partial charge in [0.1, 0.15) is 0 Å². The third-order valence-corrected chi connectivity index (χ3v) is 1.46. The second-order valence-electron chi connectivity index (χ2n) is 1.61. The molecule has 5 nitrogen and oxygen atoms in total. The van der Waals surface area contributed by atoms with E-state index in [0.717, 1.165) is 0 Å². The maximum atomic E-state index is 9.83. The Balaban J connectivity index is 0. The number of aliphatic hydroxyl groups is 1. The summed E-state index contributed by atoms with van der Waals surface area (Å²) >= 11 is 0. The van der Waals surface area contributed by atoms with E-state index in [0.29, 0.717) is 0 Å². The third-order valence-electron chi connectivity index (χ3n) is 0.669. The van der Waals surface area contributed by atoms with Crippen molar-refractivity contribution < 1.29 is 69.5 Å². The minimum atomic E-state index is -4.32. The van der Waals surface area contributed by atoms with E-state index in [1.54, 1.807) is 0 Å². The van der Waals surface area contributed by atoms with E-state index in [1.807, 2.05) is 0 Å². The fourth-order valence-electron chi connectivity index (χ4n) is 0.304. The van der Waals surface area contributed by atoms with Crippen LogP contribution in [0.1, 0.15) is 0 Å². The molecule has 56 valence electrons. The van der Waals surface area contributed by atoms with E-state index < -0.39 is 22.0 Å². The molecule has 0 saturated carbocycles. The van der Waals surface area contributed by atoms with Crippen LogP contribution >= 0.6 is 0 Å². The van der Waals surface area contributed by atoms with Crippen molar-refractivity contribution in [3.8, 4) is 0 Å². The zero-order chi connectivity index (χ0) is 7.49. The second kappa shape index (κ2) is 6.04. The molecule has 1 atom stereocenters. The minimum Gasteiger partial charge on any atom is -0.748 e. The molecule has 0 rings (SSSR count). The van der Waals surface area contributed by atoms with E-state index >= 15 is 0 Å². The molecule has 0 aliphatic carbocycles. The monoisotopic (exact) mass is 193 g/mol. The summed E-state index contributed by atoms with van der Waals surface area (Å²) in [7, 11) is -4.32. The summed E-state index contributed by atoms with van der Waals surface area (Å²) in [5.74, 6) is -0.802. The maximum absolute atomic E-state index is 9.83. The molecular weight excluding hydrogens is 185 g/mol. The van der Waals surface area contributed by atoms with E-state index in [1.165, 1.54) is 0 Å². The van der Waals surface area contributed by atoms with E-state index in [4.69, 9.17) is 10.8 Å². The molecule has 0 amide bonds. The first-order valence-electron chi connectivity index (χ1n) is 2.27. The Morgan fingerprint density at radius 1 is 1.60 bits per heavy atom. The number of nitrogens with two attached hydrogens (primary N) is 1.